The van der Waals surface area contributed by atoms with E-state index >= 15 is 0 Å². The molecule has 32 heavy (non-hydrogen) atoms. The van der Waals surface area contributed by atoms with E-state index in [0.717, 1.165) is 39.2 Å². The van der Waals surface area contributed by atoms with Crippen LogP contribution in [0.4, 0.5) is 5.82 Å². The first kappa shape index (κ1) is 20.3. The van der Waals surface area contributed by atoms with Crippen molar-refractivity contribution in [3.63, 3.8) is 0 Å². The number of nitrogens with one attached hydrogen (secondary N) is 1. The van der Waals surface area contributed by atoms with E-state index in [-0.39, 0.29) is 5.41 Å². The zero-order valence-electron chi connectivity index (χ0n) is 18.3. The van der Waals surface area contributed by atoms with Gasteiger partial charge >= 0.3 is 0 Å². The highest BCUT2D eigenvalue weighted by atomic mass is 35.5. The predicted molar refractivity (Wildman–Crippen MR) is 128 cm³/mol. The van der Waals surface area contributed by atoms with E-state index in [1.807, 2.05) is 66.3 Å². The average molecular weight is 444 g/mol. The summed E-state index contributed by atoms with van der Waals surface area (Å²) >= 11 is 6.32. The van der Waals surface area contributed by atoms with E-state index in [2.05, 4.69) is 51.2 Å². The fourth-order valence-corrected chi connectivity index (χ4v) is 3.85. The third kappa shape index (κ3) is 3.44. The van der Waals surface area contributed by atoms with Crippen LogP contribution in [0, 0.1) is 0 Å². The van der Waals surface area contributed by atoms with Gasteiger partial charge in [0.2, 0.25) is 0 Å². The molecule has 7 nitrogen and oxygen atoms in total. The van der Waals surface area contributed by atoms with E-state index in [1.54, 1.807) is 0 Å². The molecular formula is C24H22ClN7. The van der Waals surface area contributed by atoms with Crippen molar-refractivity contribution in [3.05, 3.63) is 65.6 Å². The maximum Gasteiger partial charge on any atom is 0.257 e. The van der Waals surface area contributed by atoms with Gasteiger partial charge in [-0.15, -0.1) is 10.2 Å². The van der Waals surface area contributed by atoms with Gasteiger partial charge in [-0.1, -0.05) is 50.6 Å². The molecule has 0 aliphatic carbocycles. The second kappa shape index (κ2) is 7.53. The van der Waals surface area contributed by atoms with Crippen LogP contribution in [0.3, 0.4) is 0 Å². The molecule has 8 heteroatoms. The van der Waals surface area contributed by atoms with E-state index in [4.69, 9.17) is 11.6 Å². The highest BCUT2D eigenvalue weighted by Crippen LogP contribution is 2.30. The molecule has 0 saturated carbocycles. The summed E-state index contributed by atoms with van der Waals surface area (Å²) in [5.41, 5.74) is 4.45. The fraction of sp³-hybridized carbons (Fsp3) is 0.208. The molecule has 0 fully saturated rings. The number of halogens is 1. The van der Waals surface area contributed by atoms with Crippen LogP contribution in [-0.2, 0) is 5.41 Å². The number of hydrogen-bond donors (Lipinski definition) is 1. The van der Waals surface area contributed by atoms with Crippen molar-refractivity contribution in [1.82, 2.24) is 29.5 Å². The molecule has 0 aliphatic rings. The minimum Gasteiger partial charge on any atom is -0.372 e. The first-order valence-electron chi connectivity index (χ1n) is 10.3. The molecule has 0 spiro atoms. The lowest BCUT2D eigenvalue weighted by Crippen LogP contribution is -2.13. The lowest BCUT2D eigenvalue weighted by atomic mass is 9.92. The van der Waals surface area contributed by atoms with Gasteiger partial charge in [-0.05, 0) is 24.3 Å². The smallest absolute Gasteiger partial charge is 0.257 e. The van der Waals surface area contributed by atoms with Crippen LogP contribution in [0.25, 0.3) is 39.3 Å². The predicted octanol–water partition coefficient (Wildman–Crippen LogP) is 5.39. The van der Waals surface area contributed by atoms with Crippen LogP contribution in [0.2, 0.25) is 5.02 Å². The minimum atomic E-state index is -0.0463. The molecule has 3 aromatic heterocycles. The molecule has 5 rings (SSSR count). The summed E-state index contributed by atoms with van der Waals surface area (Å²) in [5.74, 6) is 1.91. The molecule has 0 aliphatic heterocycles. The average Bonchev–Trinajstić information content (AvgIpc) is 3.22. The molecule has 5 aromatic rings. The van der Waals surface area contributed by atoms with Crippen molar-refractivity contribution in [3.8, 4) is 22.6 Å². The zero-order chi connectivity index (χ0) is 22.5. The summed E-state index contributed by atoms with van der Waals surface area (Å²) in [6, 6.07) is 13.7. The molecule has 3 heterocycles. The lowest BCUT2D eigenvalue weighted by molar-refractivity contribution is 0.566. The molecule has 1 N–H and O–H groups in total. The second-order valence-electron chi connectivity index (χ2n) is 8.65. The molecule has 0 saturated heterocycles. The quantitative estimate of drug-likeness (QED) is 0.402. The second-order valence-corrected chi connectivity index (χ2v) is 9.09. The van der Waals surface area contributed by atoms with Crippen LogP contribution in [0.5, 0.6) is 0 Å². The van der Waals surface area contributed by atoms with Crippen LogP contribution in [-0.4, -0.2) is 36.6 Å². The Balaban J connectivity index is 1.66. The Morgan fingerprint density at radius 3 is 2.47 bits per heavy atom. The van der Waals surface area contributed by atoms with Gasteiger partial charge in [0.1, 0.15) is 5.82 Å². The van der Waals surface area contributed by atoms with Gasteiger partial charge in [0, 0.05) is 40.2 Å². The van der Waals surface area contributed by atoms with Crippen molar-refractivity contribution < 1.29 is 0 Å². The summed E-state index contributed by atoms with van der Waals surface area (Å²) < 4.78 is 1.93. The molecule has 0 unspecified atom stereocenters. The Labute approximate surface area is 190 Å². The first-order valence-corrected chi connectivity index (χ1v) is 10.7. The molecule has 0 amide bonds. The van der Waals surface area contributed by atoms with Crippen LogP contribution in [0.1, 0.15) is 26.5 Å². The summed E-state index contributed by atoms with van der Waals surface area (Å²) in [7, 11) is 1.83. The Morgan fingerprint density at radius 2 is 1.75 bits per heavy atom. The zero-order valence-corrected chi connectivity index (χ0v) is 19.0. The largest absolute Gasteiger partial charge is 0.372 e. The first-order chi connectivity index (χ1) is 15.3. The number of rotatable bonds is 3. The number of fused-ring (bicyclic) bond motifs is 3. The van der Waals surface area contributed by atoms with E-state index in [1.165, 1.54) is 0 Å². The van der Waals surface area contributed by atoms with Gasteiger partial charge in [-0.25, -0.2) is 0 Å². The van der Waals surface area contributed by atoms with E-state index in [0.29, 0.717) is 16.6 Å². The van der Waals surface area contributed by atoms with Crippen LogP contribution >= 0.6 is 11.6 Å². The molecule has 0 radical (unpaired) electrons. The number of aromatic nitrogens is 6. The van der Waals surface area contributed by atoms with Crippen molar-refractivity contribution >= 4 is 34.1 Å². The number of benzene rings is 2. The van der Waals surface area contributed by atoms with Gasteiger partial charge in [-0.2, -0.15) is 4.98 Å². The Bertz CT molecular complexity index is 1450. The SMILES string of the molecule is CNc1nc2nnc(-c3cccc(-c4cnc(C(C)(C)C)cn4)c3)n2c2cc(Cl)ccc12. The summed E-state index contributed by atoms with van der Waals surface area (Å²) in [6.07, 6.45) is 3.66. The third-order valence-electron chi connectivity index (χ3n) is 5.39. The summed E-state index contributed by atoms with van der Waals surface area (Å²) in [6.45, 7) is 6.37. The Kier molecular flexibility index (Phi) is 4.78. The van der Waals surface area contributed by atoms with Crippen LogP contribution in [0.15, 0.2) is 54.9 Å². The van der Waals surface area contributed by atoms with Gasteiger partial charge < -0.3 is 5.32 Å². The van der Waals surface area contributed by atoms with Gasteiger partial charge in [0.15, 0.2) is 5.82 Å². The number of anilines is 1. The summed E-state index contributed by atoms with van der Waals surface area (Å²) in [5, 5.41) is 13.5. The fourth-order valence-electron chi connectivity index (χ4n) is 3.68. The molecule has 0 bridgehead atoms. The molecule has 0 atom stereocenters. The summed E-state index contributed by atoms with van der Waals surface area (Å²) in [4.78, 5) is 13.9. The number of nitrogens with zero attached hydrogens (tertiary/aromatic N) is 6. The van der Waals surface area contributed by atoms with E-state index in [9.17, 15) is 0 Å². The molecule has 160 valence electrons. The van der Waals surface area contributed by atoms with E-state index < -0.39 is 0 Å². The van der Waals surface area contributed by atoms with Crippen molar-refractivity contribution in [1.29, 1.82) is 0 Å². The monoisotopic (exact) mass is 443 g/mol. The lowest BCUT2D eigenvalue weighted by Gasteiger charge is -2.17. The standard InChI is InChI=1S/C24H22ClN7/c1-24(2,3)20-13-27-18(12-28-20)14-6-5-7-15(10-14)22-30-31-23-29-21(26-4)17-9-8-16(25)11-19(17)32(22)23/h5-13H,1-4H3,(H,26,29,31). The molecule has 2 aromatic carbocycles. The van der Waals surface area contributed by atoms with Crippen molar-refractivity contribution in [2.45, 2.75) is 26.2 Å². The van der Waals surface area contributed by atoms with Gasteiger partial charge in [-0.3, -0.25) is 14.4 Å². The van der Waals surface area contributed by atoms with Crippen LogP contribution < -0.4 is 5.32 Å². The Hall–Kier alpha value is -3.58. The minimum absolute atomic E-state index is 0.0463. The van der Waals surface area contributed by atoms with Crippen molar-refractivity contribution in [2.75, 3.05) is 12.4 Å². The highest BCUT2D eigenvalue weighted by molar-refractivity contribution is 6.31. The third-order valence-corrected chi connectivity index (χ3v) is 5.62. The van der Waals surface area contributed by atoms with Gasteiger partial charge in [0.25, 0.3) is 5.78 Å². The molecular weight excluding hydrogens is 422 g/mol. The Morgan fingerprint density at radius 1 is 0.938 bits per heavy atom. The maximum atomic E-state index is 6.32. The number of hydrogen-bond acceptors (Lipinski definition) is 6. The highest BCUT2D eigenvalue weighted by Gasteiger charge is 2.18. The van der Waals surface area contributed by atoms with Gasteiger partial charge in [0.05, 0.1) is 23.1 Å². The normalized spacial score (nSPS) is 11.9. The van der Waals surface area contributed by atoms with Crippen molar-refractivity contribution in [2.24, 2.45) is 0 Å². The maximum absolute atomic E-state index is 6.32. The topological polar surface area (TPSA) is 80.9 Å².